The molecule has 0 aromatic carbocycles. The first-order valence-electron chi connectivity index (χ1n) is 6.56. The van der Waals surface area contributed by atoms with Gasteiger partial charge >= 0.3 is 0 Å². The van der Waals surface area contributed by atoms with Crippen LogP contribution >= 0.6 is 0 Å². The van der Waals surface area contributed by atoms with E-state index in [4.69, 9.17) is 9.47 Å². The molecule has 17 heavy (non-hydrogen) atoms. The number of nitriles is 1. The molecule has 2 bridgehead atoms. The third-order valence-electron chi connectivity index (χ3n) is 4.60. The quantitative estimate of drug-likeness (QED) is 0.788. The topological polar surface area (TPSA) is 62.5 Å². The van der Waals surface area contributed by atoms with Crippen molar-refractivity contribution in [2.24, 2.45) is 5.41 Å². The molecule has 3 rings (SSSR count). The van der Waals surface area contributed by atoms with E-state index in [1.165, 1.54) is 0 Å². The van der Waals surface area contributed by atoms with Gasteiger partial charge in [-0.15, -0.1) is 0 Å². The molecule has 3 aliphatic rings. The molecule has 3 heterocycles. The molecule has 0 aliphatic carbocycles. The van der Waals surface area contributed by atoms with Crippen LogP contribution in [0.3, 0.4) is 0 Å². The number of rotatable bonds is 2. The molecule has 4 nitrogen and oxygen atoms in total. The fourth-order valence-corrected chi connectivity index (χ4v) is 3.64. The first kappa shape index (κ1) is 11.5. The van der Waals surface area contributed by atoms with Crippen molar-refractivity contribution in [3.05, 3.63) is 0 Å². The maximum atomic E-state index is 10.5. The molecule has 3 saturated heterocycles. The van der Waals surface area contributed by atoms with Crippen molar-refractivity contribution in [2.45, 2.75) is 69.5 Å². The van der Waals surface area contributed by atoms with E-state index in [-0.39, 0.29) is 24.4 Å². The molecule has 3 fully saturated rings. The van der Waals surface area contributed by atoms with Crippen LogP contribution in [0.25, 0.3) is 0 Å². The van der Waals surface area contributed by atoms with Gasteiger partial charge in [-0.05, 0) is 39.0 Å². The van der Waals surface area contributed by atoms with E-state index in [0.29, 0.717) is 6.42 Å². The lowest BCUT2D eigenvalue weighted by Crippen LogP contribution is -2.48. The van der Waals surface area contributed by atoms with E-state index in [1.807, 2.05) is 6.92 Å². The van der Waals surface area contributed by atoms with Crippen LogP contribution in [0.1, 0.15) is 39.0 Å². The molecule has 0 amide bonds. The molecular weight excluding hydrogens is 218 g/mol. The number of nitrogens with zero attached hydrogens (tertiary/aromatic N) is 1. The Morgan fingerprint density at radius 1 is 1.29 bits per heavy atom. The van der Waals surface area contributed by atoms with Gasteiger partial charge in [-0.25, -0.2) is 0 Å². The summed E-state index contributed by atoms with van der Waals surface area (Å²) in [5.41, 5.74) is -0.725. The van der Waals surface area contributed by atoms with Gasteiger partial charge in [0, 0.05) is 0 Å². The van der Waals surface area contributed by atoms with Gasteiger partial charge in [-0.2, -0.15) is 5.26 Å². The number of ether oxygens (including phenoxy) is 2. The van der Waals surface area contributed by atoms with Gasteiger partial charge in [0.15, 0.2) is 0 Å². The van der Waals surface area contributed by atoms with Crippen LogP contribution in [0.5, 0.6) is 0 Å². The Balaban J connectivity index is 1.80. The van der Waals surface area contributed by atoms with Crippen molar-refractivity contribution >= 4 is 0 Å². The molecule has 6 atom stereocenters. The van der Waals surface area contributed by atoms with Gasteiger partial charge < -0.3 is 14.6 Å². The highest BCUT2D eigenvalue weighted by atomic mass is 16.5. The van der Waals surface area contributed by atoms with Crippen LogP contribution in [0, 0.1) is 16.7 Å². The summed E-state index contributed by atoms with van der Waals surface area (Å²) in [4.78, 5) is 0. The van der Waals surface area contributed by atoms with Crippen molar-refractivity contribution in [1.82, 2.24) is 0 Å². The minimum atomic E-state index is -0.725. The van der Waals surface area contributed by atoms with Crippen LogP contribution in [0.4, 0.5) is 0 Å². The second kappa shape index (κ2) is 3.94. The minimum absolute atomic E-state index is 0.0907. The lowest BCUT2D eigenvalue weighted by Gasteiger charge is -2.35. The van der Waals surface area contributed by atoms with Gasteiger partial charge in [-0.1, -0.05) is 0 Å². The van der Waals surface area contributed by atoms with E-state index < -0.39 is 11.5 Å². The normalized spacial score (nSPS) is 50.4. The van der Waals surface area contributed by atoms with Crippen molar-refractivity contribution < 1.29 is 14.6 Å². The molecule has 0 spiro atoms. The van der Waals surface area contributed by atoms with Crippen molar-refractivity contribution in [3.8, 4) is 6.07 Å². The van der Waals surface area contributed by atoms with Gasteiger partial charge in [0.2, 0.25) is 0 Å². The lowest BCUT2D eigenvalue weighted by molar-refractivity contribution is -0.0888. The molecule has 3 aliphatic heterocycles. The Morgan fingerprint density at radius 2 is 2.12 bits per heavy atom. The summed E-state index contributed by atoms with van der Waals surface area (Å²) in [6, 6.07) is 2.35. The number of hydrogen-bond donors (Lipinski definition) is 1. The van der Waals surface area contributed by atoms with Crippen LogP contribution in [-0.2, 0) is 9.47 Å². The summed E-state index contributed by atoms with van der Waals surface area (Å²) in [5, 5.41) is 20.0. The maximum Gasteiger partial charge on any atom is 0.114 e. The Labute approximate surface area is 102 Å². The van der Waals surface area contributed by atoms with Crippen molar-refractivity contribution in [1.29, 1.82) is 5.26 Å². The van der Waals surface area contributed by atoms with E-state index in [1.54, 1.807) is 0 Å². The third-order valence-corrected chi connectivity index (χ3v) is 4.60. The highest BCUT2D eigenvalue weighted by Crippen LogP contribution is 2.51. The average molecular weight is 237 g/mol. The predicted octanol–water partition coefficient (Wildman–Crippen LogP) is 1.38. The molecule has 4 heteroatoms. The molecular formula is C13H19NO3. The predicted molar refractivity (Wildman–Crippen MR) is 60.1 cm³/mol. The first-order chi connectivity index (χ1) is 8.15. The van der Waals surface area contributed by atoms with Gasteiger partial charge in [0.1, 0.15) is 11.5 Å². The SMILES string of the molecule is CC1CCC(C(O)C2(C#N)CC3CCC2O3)O1. The molecule has 94 valence electrons. The molecule has 6 unspecified atom stereocenters. The zero-order chi connectivity index (χ0) is 12.0. The third kappa shape index (κ3) is 1.61. The van der Waals surface area contributed by atoms with Crippen LogP contribution in [0.2, 0.25) is 0 Å². The molecule has 0 radical (unpaired) electrons. The Hall–Kier alpha value is -0.630. The number of aliphatic hydroxyl groups excluding tert-OH is 1. The molecule has 0 aromatic rings. The van der Waals surface area contributed by atoms with Crippen molar-refractivity contribution in [3.63, 3.8) is 0 Å². The lowest BCUT2D eigenvalue weighted by atomic mass is 9.69. The summed E-state index contributed by atoms with van der Waals surface area (Å²) < 4.78 is 11.5. The van der Waals surface area contributed by atoms with Gasteiger partial charge in [0.25, 0.3) is 0 Å². The van der Waals surface area contributed by atoms with Crippen LogP contribution in [0.15, 0.2) is 0 Å². The van der Waals surface area contributed by atoms with Crippen LogP contribution < -0.4 is 0 Å². The summed E-state index contributed by atoms with van der Waals surface area (Å²) >= 11 is 0. The summed E-state index contributed by atoms with van der Waals surface area (Å²) in [7, 11) is 0. The smallest absolute Gasteiger partial charge is 0.114 e. The van der Waals surface area contributed by atoms with E-state index in [2.05, 4.69) is 6.07 Å². The monoisotopic (exact) mass is 237 g/mol. The van der Waals surface area contributed by atoms with Crippen molar-refractivity contribution in [2.75, 3.05) is 0 Å². The summed E-state index contributed by atoms with van der Waals surface area (Å²) in [6.07, 6.45) is 3.82. The highest BCUT2D eigenvalue weighted by molar-refractivity contribution is 5.17. The second-order valence-electron chi connectivity index (χ2n) is 5.69. The fourth-order valence-electron chi connectivity index (χ4n) is 3.64. The Bertz CT molecular complexity index is 353. The zero-order valence-electron chi connectivity index (χ0n) is 10.1. The van der Waals surface area contributed by atoms with E-state index in [9.17, 15) is 10.4 Å². The average Bonchev–Trinajstić information content (AvgIpc) is 3.02. The fraction of sp³-hybridized carbons (Fsp3) is 0.923. The summed E-state index contributed by atoms with van der Waals surface area (Å²) in [6.45, 7) is 2.02. The number of hydrogen-bond acceptors (Lipinski definition) is 4. The largest absolute Gasteiger partial charge is 0.389 e. The molecule has 1 N–H and O–H groups in total. The van der Waals surface area contributed by atoms with E-state index in [0.717, 1.165) is 25.7 Å². The zero-order valence-corrected chi connectivity index (χ0v) is 10.1. The van der Waals surface area contributed by atoms with E-state index >= 15 is 0 Å². The minimum Gasteiger partial charge on any atom is -0.389 e. The number of aliphatic hydroxyl groups is 1. The van der Waals surface area contributed by atoms with Gasteiger partial charge in [-0.3, -0.25) is 0 Å². The maximum absolute atomic E-state index is 10.5. The highest BCUT2D eigenvalue weighted by Gasteiger charge is 2.59. The first-order valence-corrected chi connectivity index (χ1v) is 6.56. The van der Waals surface area contributed by atoms with Crippen LogP contribution in [-0.4, -0.2) is 35.6 Å². The molecule has 0 aromatic heterocycles. The second-order valence-corrected chi connectivity index (χ2v) is 5.69. The standard InChI is InChI=1S/C13H19NO3/c1-8-2-4-10(16-8)12(15)13(7-14)6-9-3-5-11(13)17-9/h8-12,15H,2-6H2,1H3. The number of fused-ring (bicyclic) bond motifs is 2. The van der Waals surface area contributed by atoms with Gasteiger partial charge in [0.05, 0.1) is 30.5 Å². The summed E-state index contributed by atoms with van der Waals surface area (Å²) in [5.74, 6) is 0. The molecule has 0 saturated carbocycles. The Kier molecular flexibility index (Phi) is 2.66. The Morgan fingerprint density at radius 3 is 2.59 bits per heavy atom.